The SMILES string of the molecule is CC1(C)CCC(NCc2ccc(-c3cccc(NC(=O)C(F)(F)F)c3)cn2)CC1. The molecule has 0 saturated heterocycles. The largest absolute Gasteiger partial charge is 0.471 e. The molecule has 3 rings (SSSR count). The van der Waals surface area contributed by atoms with Crippen LogP contribution in [-0.4, -0.2) is 23.1 Å². The minimum absolute atomic E-state index is 0.0933. The molecule has 1 aliphatic rings. The predicted octanol–water partition coefficient (Wildman–Crippen LogP) is 5.31. The van der Waals surface area contributed by atoms with Crippen molar-refractivity contribution in [1.29, 1.82) is 0 Å². The lowest BCUT2D eigenvalue weighted by molar-refractivity contribution is -0.167. The van der Waals surface area contributed by atoms with Crippen LogP contribution in [0.3, 0.4) is 0 Å². The van der Waals surface area contributed by atoms with Gasteiger partial charge in [-0.05, 0) is 54.9 Å². The molecule has 0 unspecified atom stereocenters. The first kappa shape index (κ1) is 21.3. The number of benzene rings is 1. The molecule has 0 radical (unpaired) electrons. The van der Waals surface area contributed by atoms with Crippen LogP contribution in [0.15, 0.2) is 42.6 Å². The van der Waals surface area contributed by atoms with Gasteiger partial charge < -0.3 is 10.6 Å². The van der Waals surface area contributed by atoms with Crippen molar-refractivity contribution in [2.24, 2.45) is 5.41 Å². The van der Waals surface area contributed by atoms with Gasteiger partial charge in [0.05, 0.1) is 5.69 Å². The zero-order chi connectivity index (χ0) is 21.1. The Balaban J connectivity index is 1.59. The molecule has 4 nitrogen and oxygen atoms in total. The Morgan fingerprint density at radius 2 is 1.86 bits per heavy atom. The molecule has 156 valence electrons. The molecule has 0 aliphatic heterocycles. The number of amides is 1. The number of alkyl halides is 3. The van der Waals surface area contributed by atoms with Crippen LogP contribution in [0.4, 0.5) is 18.9 Å². The molecule has 29 heavy (non-hydrogen) atoms. The first-order chi connectivity index (χ1) is 13.6. The molecule has 2 N–H and O–H groups in total. The fraction of sp³-hybridized carbons (Fsp3) is 0.455. The maximum absolute atomic E-state index is 12.4. The summed E-state index contributed by atoms with van der Waals surface area (Å²) < 4.78 is 37.3. The molecule has 1 fully saturated rings. The minimum atomic E-state index is -4.92. The number of anilines is 1. The molecule has 1 aromatic carbocycles. The monoisotopic (exact) mass is 405 g/mol. The second-order valence-corrected chi connectivity index (χ2v) is 8.39. The Kier molecular flexibility index (Phi) is 6.27. The van der Waals surface area contributed by atoms with Gasteiger partial charge in [-0.2, -0.15) is 13.2 Å². The number of nitrogens with one attached hydrogen (secondary N) is 2. The number of halogens is 3. The summed E-state index contributed by atoms with van der Waals surface area (Å²) in [4.78, 5) is 15.6. The maximum atomic E-state index is 12.4. The average Bonchev–Trinajstić information content (AvgIpc) is 2.67. The summed E-state index contributed by atoms with van der Waals surface area (Å²) in [5.41, 5.74) is 2.91. The Morgan fingerprint density at radius 1 is 1.14 bits per heavy atom. The van der Waals surface area contributed by atoms with Crippen LogP contribution in [0.2, 0.25) is 0 Å². The van der Waals surface area contributed by atoms with Crippen molar-refractivity contribution in [3.8, 4) is 11.1 Å². The van der Waals surface area contributed by atoms with Crippen LogP contribution in [0.5, 0.6) is 0 Å². The molecular formula is C22H26F3N3O. The summed E-state index contributed by atoms with van der Waals surface area (Å²) in [6.45, 7) is 5.31. The number of carbonyl (C=O) groups excluding carboxylic acids is 1. The molecule has 0 atom stereocenters. The molecule has 1 aliphatic carbocycles. The van der Waals surface area contributed by atoms with Gasteiger partial charge in [0, 0.05) is 30.0 Å². The number of rotatable bonds is 5. The Bertz CT molecular complexity index is 837. The molecule has 2 aromatic rings. The smallest absolute Gasteiger partial charge is 0.318 e. The van der Waals surface area contributed by atoms with Crippen LogP contribution in [0.25, 0.3) is 11.1 Å². The summed E-state index contributed by atoms with van der Waals surface area (Å²) in [5, 5.41) is 5.43. The third-order valence-electron chi connectivity index (χ3n) is 5.45. The zero-order valence-corrected chi connectivity index (χ0v) is 16.6. The van der Waals surface area contributed by atoms with E-state index in [1.54, 1.807) is 18.3 Å². The van der Waals surface area contributed by atoms with E-state index in [2.05, 4.69) is 24.1 Å². The average molecular weight is 405 g/mol. The lowest BCUT2D eigenvalue weighted by atomic mass is 9.75. The summed E-state index contributed by atoms with van der Waals surface area (Å²) in [5.74, 6) is -1.99. The summed E-state index contributed by atoms with van der Waals surface area (Å²) in [6.07, 6.45) is 1.56. The van der Waals surface area contributed by atoms with E-state index in [1.165, 1.54) is 37.8 Å². The number of nitrogens with zero attached hydrogens (tertiary/aromatic N) is 1. The van der Waals surface area contributed by atoms with Gasteiger partial charge in [0.1, 0.15) is 0 Å². The van der Waals surface area contributed by atoms with Crippen LogP contribution >= 0.6 is 0 Å². The highest BCUT2D eigenvalue weighted by Gasteiger charge is 2.38. The fourth-order valence-corrected chi connectivity index (χ4v) is 3.53. The number of aromatic nitrogens is 1. The number of hydrogen-bond acceptors (Lipinski definition) is 3. The van der Waals surface area contributed by atoms with E-state index in [0.717, 1.165) is 11.3 Å². The molecule has 1 saturated carbocycles. The second-order valence-electron chi connectivity index (χ2n) is 8.39. The molecule has 1 aromatic heterocycles. The quantitative estimate of drug-likeness (QED) is 0.709. The highest BCUT2D eigenvalue weighted by Crippen LogP contribution is 2.35. The number of carbonyl (C=O) groups is 1. The van der Waals surface area contributed by atoms with Crippen molar-refractivity contribution in [3.63, 3.8) is 0 Å². The van der Waals surface area contributed by atoms with Crippen molar-refractivity contribution in [1.82, 2.24) is 10.3 Å². The van der Waals surface area contributed by atoms with Gasteiger partial charge in [0.15, 0.2) is 0 Å². The van der Waals surface area contributed by atoms with Gasteiger partial charge in [-0.3, -0.25) is 9.78 Å². The van der Waals surface area contributed by atoms with Gasteiger partial charge in [0.2, 0.25) is 0 Å². The van der Waals surface area contributed by atoms with E-state index in [1.807, 2.05) is 17.4 Å². The van der Waals surface area contributed by atoms with E-state index in [0.29, 0.717) is 23.6 Å². The van der Waals surface area contributed by atoms with Crippen LogP contribution in [0.1, 0.15) is 45.2 Å². The predicted molar refractivity (Wildman–Crippen MR) is 107 cm³/mol. The van der Waals surface area contributed by atoms with Gasteiger partial charge >= 0.3 is 12.1 Å². The Labute approximate surface area is 168 Å². The highest BCUT2D eigenvalue weighted by atomic mass is 19.4. The van der Waals surface area contributed by atoms with Crippen molar-refractivity contribution in [3.05, 3.63) is 48.3 Å². The first-order valence-corrected chi connectivity index (χ1v) is 9.79. The van der Waals surface area contributed by atoms with Gasteiger partial charge in [-0.15, -0.1) is 0 Å². The van der Waals surface area contributed by atoms with Crippen molar-refractivity contribution < 1.29 is 18.0 Å². The van der Waals surface area contributed by atoms with Crippen molar-refractivity contribution >= 4 is 11.6 Å². The minimum Gasteiger partial charge on any atom is -0.318 e. The summed E-state index contributed by atoms with van der Waals surface area (Å²) >= 11 is 0. The number of pyridine rings is 1. The third kappa shape index (κ3) is 6.03. The van der Waals surface area contributed by atoms with E-state index >= 15 is 0 Å². The molecule has 1 heterocycles. The third-order valence-corrected chi connectivity index (χ3v) is 5.45. The molecule has 0 bridgehead atoms. The van der Waals surface area contributed by atoms with E-state index in [-0.39, 0.29) is 5.69 Å². The van der Waals surface area contributed by atoms with Crippen LogP contribution < -0.4 is 10.6 Å². The molecule has 1 amide bonds. The summed E-state index contributed by atoms with van der Waals surface area (Å²) in [6, 6.07) is 10.6. The van der Waals surface area contributed by atoms with Crippen molar-refractivity contribution in [2.75, 3.05) is 5.32 Å². The van der Waals surface area contributed by atoms with Crippen molar-refractivity contribution in [2.45, 2.75) is 58.3 Å². The van der Waals surface area contributed by atoms with Crippen LogP contribution in [-0.2, 0) is 11.3 Å². The van der Waals surface area contributed by atoms with E-state index in [9.17, 15) is 18.0 Å². The topological polar surface area (TPSA) is 54.0 Å². The standard InChI is InChI=1S/C22H26F3N3O/c1-21(2)10-8-17(9-11-21)27-14-19-7-6-16(13-26-19)15-4-3-5-18(12-15)28-20(29)22(23,24)25/h3-7,12-13,17,27H,8-11,14H2,1-2H3,(H,28,29). The highest BCUT2D eigenvalue weighted by molar-refractivity contribution is 5.95. The molecular weight excluding hydrogens is 379 g/mol. The summed E-state index contributed by atoms with van der Waals surface area (Å²) in [7, 11) is 0. The lowest BCUT2D eigenvalue weighted by Crippen LogP contribution is -2.35. The Morgan fingerprint density at radius 3 is 2.48 bits per heavy atom. The number of hydrogen-bond donors (Lipinski definition) is 2. The normalized spacial score (nSPS) is 17.1. The van der Waals surface area contributed by atoms with E-state index < -0.39 is 12.1 Å². The molecule has 7 heteroatoms. The molecule has 0 spiro atoms. The maximum Gasteiger partial charge on any atom is 0.471 e. The van der Waals surface area contributed by atoms with Crippen LogP contribution in [0, 0.1) is 5.41 Å². The van der Waals surface area contributed by atoms with Gasteiger partial charge in [0.25, 0.3) is 0 Å². The van der Waals surface area contributed by atoms with Gasteiger partial charge in [-0.1, -0.05) is 32.0 Å². The second kappa shape index (κ2) is 8.53. The zero-order valence-electron chi connectivity index (χ0n) is 16.6. The fourth-order valence-electron chi connectivity index (χ4n) is 3.53. The first-order valence-electron chi connectivity index (χ1n) is 9.79. The van der Waals surface area contributed by atoms with E-state index in [4.69, 9.17) is 0 Å². The van der Waals surface area contributed by atoms with Gasteiger partial charge in [-0.25, -0.2) is 0 Å². The Hall–Kier alpha value is -2.41. The lowest BCUT2D eigenvalue weighted by Gasteiger charge is -2.34.